The third-order valence-corrected chi connectivity index (χ3v) is 5.34. The SMILES string of the molecule is CC(C)(C#N)CNC(=O)c1cccc(-c2cnc3[nH]c(C4=CCC(=O)CC4)cc3c2)n1. The van der Waals surface area contributed by atoms with E-state index in [4.69, 9.17) is 5.26 Å². The Hall–Kier alpha value is -3.79. The summed E-state index contributed by atoms with van der Waals surface area (Å²) in [6, 6.07) is 11.4. The number of hydrogen-bond acceptors (Lipinski definition) is 5. The van der Waals surface area contributed by atoms with Crippen LogP contribution in [0.2, 0.25) is 0 Å². The quantitative estimate of drug-likeness (QED) is 0.656. The average molecular weight is 413 g/mol. The fourth-order valence-corrected chi connectivity index (χ4v) is 3.44. The molecule has 2 N–H and O–H groups in total. The van der Waals surface area contributed by atoms with Crippen LogP contribution in [-0.4, -0.2) is 33.2 Å². The van der Waals surface area contributed by atoms with Gasteiger partial charge < -0.3 is 10.3 Å². The summed E-state index contributed by atoms with van der Waals surface area (Å²) in [6.45, 7) is 3.78. The number of allylic oxidation sites excluding steroid dienone is 2. The van der Waals surface area contributed by atoms with Gasteiger partial charge >= 0.3 is 0 Å². The number of hydrogen-bond donors (Lipinski definition) is 2. The Labute approximate surface area is 180 Å². The Kier molecular flexibility index (Phi) is 5.38. The van der Waals surface area contributed by atoms with Crippen molar-refractivity contribution in [1.29, 1.82) is 5.26 Å². The number of nitrogens with one attached hydrogen (secondary N) is 2. The molecule has 156 valence electrons. The van der Waals surface area contributed by atoms with Gasteiger partial charge in [0.2, 0.25) is 0 Å². The lowest BCUT2D eigenvalue weighted by molar-refractivity contribution is -0.118. The highest BCUT2D eigenvalue weighted by Gasteiger charge is 2.19. The number of aromatic amines is 1. The maximum absolute atomic E-state index is 12.5. The molecular formula is C24H23N5O2. The first kappa shape index (κ1) is 20.5. The molecule has 0 bridgehead atoms. The van der Waals surface area contributed by atoms with Gasteiger partial charge in [0.05, 0.1) is 17.2 Å². The molecule has 3 heterocycles. The van der Waals surface area contributed by atoms with Gasteiger partial charge in [-0.1, -0.05) is 12.1 Å². The van der Waals surface area contributed by atoms with Crippen LogP contribution in [-0.2, 0) is 4.79 Å². The molecule has 0 unspecified atom stereocenters. The predicted octanol–water partition coefficient (Wildman–Crippen LogP) is 4.04. The van der Waals surface area contributed by atoms with Crippen molar-refractivity contribution < 1.29 is 9.59 Å². The molecule has 1 aliphatic carbocycles. The number of aromatic nitrogens is 3. The van der Waals surface area contributed by atoms with Gasteiger partial charge in [0, 0.05) is 42.2 Å². The molecule has 31 heavy (non-hydrogen) atoms. The second kappa shape index (κ2) is 8.15. The Morgan fingerprint density at radius 1 is 1.29 bits per heavy atom. The maximum atomic E-state index is 12.5. The number of nitriles is 1. The minimum absolute atomic E-state index is 0.245. The number of Topliss-reactive ketones (excluding diaryl/α,β-unsaturated/α-hetero) is 1. The van der Waals surface area contributed by atoms with Gasteiger partial charge in [0.25, 0.3) is 5.91 Å². The van der Waals surface area contributed by atoms with Crippen LogP contribution < -0.4 is 5.32 Å². The van der Waals surface area contributed by atoms with Crippen LogP contribution in [0.4, 0.5) is 0 Å². The summed E-state index contributed by atoms with van der Waals surface area (Å²) in [6.07, 6.45) is 5.50. The molecule has 7 heteroatoms. The van der Waals surface area contributed by atoms with Crippen molar-refractivity contribution in [2.24, 2.45) is 5.41 Å². The topological polar surface area (TPSA) is 112 Å². The summed E-state index contributed by atoms with van der Waals surface area (Å²) >= 11 is 0. The third-order valence-electron chi connectivity index (χ3n) is 5.34. The molecule has 3 aromatic heterocycles. The summed E-state index contributed by atoms with van der Waals surface area (Å²) in [5.74, 6) is -0.0478. The first-order valence-electron chi connectivity index (χ1n) is 10.2. The maximum Gasteiger partial charge on any atom is 0.269 e. The second-order valence-electron chi connectivity index (χ2n) is 8.40. The Balaban J connectivity index is 1.57. The standard InChI is InChI=1S/C24H23N5O2/c1-24(2,13-25)14-27-23(31)20-5-3-4-19(28-20)17-10-16-11-21(29-22(16)26-12-17)15-6-8-18(30)9-7-15/h3-6,10-12H,7-9,14H2,1-2H3,(H,26,29)(H,27,31). The fourth-order valence-electron chi connectivity index (χ4n) is 3.44. The lowest BCUT2D eigenvalue weighted by atomic mass is 9.96. The van der Waals surface area contributed by atoms with E-state index in [1.165, 1.54) is 0 Å². The smallest absolute Gasteiger partial charge is 0.269 e. The van der Waals surface area contributed by atoms with Gasteiger partial charge in [-0.3, -0.25) is 9.59 Å². The van der Waals surface area contributed by atoms with E-state index in [9.17, 15) is 9.59 Å². The van der Waals surface area contributed by atoms with Crippen LogP contribution in [0, 0.1) is 16.7 Å². The Bertz CT molecular complexity index is 1250. The van der Waals surface area contributed by atoms with E-state index in [1.807, 2.05) is 24.3 Å². The zero-order chi connectivity index (χ0) is 22.0. The van der Waals surface area contributed by atoms with Crippen molar-refractivity contribution in [2.75, 3.05) is 6.54 Å². The van der Waals surface area contributed by atoms with E-state index in [0.717, 1.165) is 34.3 Å². The third kappa shape index (κ3) is 4.53. The molecule has 0 aromatic carbocycles. The molecule has 0 radical (unpaired) electrons. The monoisotopic (exact) mass is 413 g/mol. The van der Waals surface area contributed by atoms with E-state index < -0.39 is 5.41 Å². The van der Waals surface area contributed by atoms with E-state index in [0.29, 0.717) is 18.5 Å². The van der Waals surface area contributed by atoms with Gasteiger partial charge in [0.15, 0.2) is 0 Å². The zero-order valence-corrected chi connectivity index (χ0v) is 17.5. The fraction of sp³-hybridized carbons (Fsp3) is 0.292. The van der Waals surface area contributed by atoms with Gasteiger partial charge in [-0.2, -0.15) is 5.26 Å². The summed E-state index contributed by atoms with van der Waals surface area (Å²) in [4.78, 5) is 36.3. The van der Waals surface area contributed by atoms with Crippen molar-refractivity contribution in [3.63, 3.8) is 0 Å². The lowest BCUT2D eigenvalue weighted by Gasteiger charge is -2.15. The summed E-state index contributed by atoms with van der Waals surface area (Å²) in [5, 5.41) is 12.8. The number of carbonyl (C=O) groups is 2. The first-order valence-corrected chi connectivity index (χ1v) is 10.2. The Morgan fingerprint density at radius 2 is 2.13 bits per heavy atom. The van der Waals surface area contributed by atoms with E-state index >= 15 is 0 Å². The number of carbonyl (C=O) groups excluding carboxylic acids is 2. The highest BCUT2D eigenvalue weighted by atomic mass is 16.1. The molecule has 0 fully saturated rings. The van der Waals surface area contributed by atoms with Crippen molar-refractivity contribution in [3.8, 4) is 17.3 Å². The summed E-state index contributed by atoms with van der Waals surface area (Å²) in [5.41, 5.74) is 3.98. The van der Waals surface area contributed by atoms with Crippen LogP contribution in [0.15, 0.2) is 42.6 Å². The number of nitrogens with zero attached hydrogens (tertiary/aromatic N) is 3. The van der Waals surface area contributed by atoms with Crippen LogP contribution in [0.3, 0.4) is 0 Å². The van der Waals surface area contributed by atoms with Crippen LogP contribution in [0.1, 0.15) is 49.3 Å². The minimum Gasteiger partial charge on any atom is -0.349 e. The molecule has 1 aliphatic rings. The van der Waals surface area contributed by atoms with Crippen molar-refractivity contribution in [1.82, 2.24) is 20.3 Å². The van der Waals surface area contributed by atoms with Crippen molar-refractivity contribution in [3.05, 3.63) is 54.0 Å². The molecule has 0 atom stereocenters. The van der Waals surface area contributed by atoms with Gasteiger partial charge in [0.1, 0.15) is 17.1 Å². The second-order valence-corrected chi connectivity index (χ2v) is 8.40. The Morgan fingerprint density at radius 3 is 2.87 bits per heavy atom. The van der Waals surface area contributed by atoms with Crippen molar-refractivity contribution in [2.45, 2.75) is 33.1 Å². The van der Waals surface area contributed by atoms with E-state index in [2.05, 4.69) is 26.3 Å². The number of fused-ring (bicyclic) bond motifs is 1. The molecule has 4 rings (SSSR count). The summed E-state index contributed by atoms with van der Waals surface area (Å²) in [7, 11) is 0. The van der Waals surface area contributed by atoms with Crippen molar-refractivity contribution >= 4 is 28.3 Å². The van der Waals surface area contributed by atoms with Crippen LogP contribution in [0.5, 0.6) is 0 Å². The number of ketones is 1. The number of rotatable bonds is 5. The molecule has 0 saturated heterocycles. The van der Waals surface area contributed by atoms with Gasteiger partial charge in [-0.25, -0.2) is 9.97 Å². The number of amides is 1. The highest BCUT2D eigenvalue weighted by molar-refractivity contribution is 5.93. The number of pyridine rings is 2. The molecule has 0 spiro atoms. The minimum atomic E-state index is -0.644. The van der Waals surface area contributed by atoms with E-state index in [1.54, 1.807) is 32.2 Å². The largest absolute Gasteiger partial charge is 0.349 e. The normalized spacial score (nSPS) is 14.2. The average Bonchev–Trinajstić information content (AvgIpc) is 3.21. The molecule has 0 aliphatic heterocycles. The molecule has 0 saturated carbocycles. The van der Waals surface area contributed by atoms with E-state index in [-0.39, 0.29) is 23.9 Å². The summed E-state index contributed by atoms with van der Waals surface area (Å²) < 4.78 is 0. The molecule has 1 amide bonds. The lowest BCUT2D eigenvalue weighted by Crippen LogP contribution is -2.33. The van der Waals surface area contributed by atoms with Crippen LogP contribution >= 0.6 is 0 Å². The van der Waals surface area contributed by atoms with Gasteiger partial charge in [-0.05, 0) is 50.1 Å². The zero-order valence-electron chi connectivity index (χ0n) is 17.5. The molecule has 3 aromatic rings. The van der Waals surface area contributed by atoms with Gasteiger partial charge in [-0.15, -0.1) is 0 Å². The highest BCUT2D eigenvalue weighted by Crippen LogP contribution is 2.29. The molecule has 7 nitrogen and oxygen atoms in total. The number of H-pyrrole nitrogens is 1. The predicted molar refractivity (Wildman–Crippen MR) is 118 cm³/mol. The van der Waals surface area contributed by atoms with Crippen LogP contribution in [0.25, 0.3) is 27.9 Å². The first-order chi connectivity index (χ1) is 14.8. The molecular weight excluding hydrogens is 390 g/mol.